The number of carbonyl (C=O) groups excluding carboxylic acids is 1. The summed E-state index contributed by atoms with van der Waals surface area (Å²) in [5.41, 5.74) is 5.25. The summed E-state index contributed by atoms with van der Waals surface area (Å²) in [4.78, 5) is 11.7. The largest absolute Gasteiger partial charge is 0.376 e. The Morgan fingerprint density at radius 1 is 1.24 bits per heavy atom. The maximum Gasteiger partial charge on any atom is 0.257 e. The highest BCUT2D eigenvalue weighted by Crippen LogP contribution is 2.19. The number of halogens is 2. The van der Waals surface area contributed by atoms with E-state index in [1.54, 1.807) is 0 Å². The third kappa shape index (κ3) is 4.47. The van der Waals surface area contributed by atoms with Crippen LogP contribution in [0.3, 0.4) is 0 Å². The molecular formula is C15H20F2N2O2. The van der Waals surface area contributed by atoms with Gasteiger partial charge in [0.2, 0.25) is 0 Å². The highest BCUT2D eigenvalue weighted by Gasteiger charge is 2.19. The van der Waals surface area contributed by atoms with Crippen LogP contribution in [0.4, 0.5) is 8.78 Å². The lowest BCUT2D eigenvalue weighted by Crippen LogP contribution is -2.33. The van der Waals surface area contributed by atoms with Crippen molar-refractivity contribution in [3.8, 4) is 0 Å². The van der Waals surface area contributed by atoms with E-state index in [9.17, 15) is 13.6 Å². The standard InChI is InChI=1S/C15H20F2N2O2/c16-12-2-1-3-13(17)14(12)15(20)19-8-9-21-11-6-4-10(18)5-7-11/h1-3,10-11H,4-9,18H2,(H,19,20). The van der Waals surface area contributed by atoms with Crippen molar-refractivity contribution >= 4 is 5.91 Å². The molecule has 1 saturated carbocycles. The molecule has 0 spiro atoms. The molecule has 0 radical (unpaired) electrons. The van der Waals surface area contributed by atoms with E-state index < -0.39 is 23.1 Å². The van der Waals surface area contributed by atoms with Crippen LogP contribution < -0.4 is 11.1 Å². The molecule has 1 fully saturated rings. The summed E-state index contributed by atoms with van der Waals surface area (Å²) in [6.07, 6.45) is 3.87. The zero-order chi connectivity index (χ0) is 15.2. The lowest BCUT2D eigenvalue weighted by atomic mass is 9.94. The predicted molar refractivity (Wildman–Crippen MR) is 74.9 cm³/mol. The van der Waals surface area contributed by atoms with Gasteiger partial charge in [-0.2, -0.15) is 0 Å². The third-order valence-corrected chi connectivity index (χ3v) is 3.65. The topological polar surface area (TPSA) is 64.3 Å². The Kier molecular flexibility index (Phi) is 5.64. The summed E-state index contributed by atoms with van der Waals surface area (Å²) < 4.78 is 32.4. The van der Waals surface area contributed by atoms with Crippen molar-refractivity contribution in [1.82, 2.24) is 5.32 Å². The molecule has 4 nitrogen and oxygen atoms in total. The normalized spacial score (nSPS) is 22.0. The fraction of sp³-hybridized carbons (Fsp3) is 0.533. The molecule has 0 aliphatic heterocycles. The number of nitrogens with one attached hydrogen (secondary N) is 1. The number of benzene rings is 1. The van der Waals surface area contributed by atoms with Gasteiger partial charge in [0.05, 0.1) is 12.7 Å². The number of ether oxygens (including phenoxy) is 1. The summed E-state index contributed by atoms with van der Waals surface area (Å²) in [7, 11) is 0. The van der Waals surface area contributed by atoms with E-state index in [1.807, 2.05) is 0 Å². The van der Waals surface area contributed by atoms with Crippen LogP contribution in [0.2, 0.25) is 0 Å². The first-order chi connectivity index (χ1) is 10.1. The Morgan fingerprint density at radius 2 is 1.86 bits per heavy atom. The van der Waals surface area contributed by atoms with Crippen LogP contribution in [0.15, 0.2) is 18.2 Å². The van der Waals surface area contributed by atoms with Crippen molar-refractivity contribution in [3.63, 3.8) is 0 Å². The van der Waals surface area contributed by atoms with Gasteiger partial charge in [0.1, 0.15) is 17.2 Å². The minimum absolute atomic E-state index is 0.159. The molecule has 1 aromatic rings. The van der Waals surface area contributed by atoms with Gasteiger partial charge in [0.15, 0.2) is 0 Å². The summed E-state index contributed by atoms with van der Waals surface area (Å²) >= 11 is 0. The first kappa shape index (κ1) is 15.9. The van der Waals surface area contributed by atoms with Crippen LogP contribution in [-0.2, 0) is 4.74 Å². The van der Waals surface area contributed by atoms with Crippen LogP contribution in [0.1, 0.15) is 36.0 Å². The lowest BCUT2D eigenvalue weighted by Gasteiger charge is -2.26. The van der Waals surface area contributed by atoms with E-state index in [4.69, 9.17) is 10.5 Å². The van der Waals surface area contributed by atoms with E-state index >= 15 is 0 Å². The minimum Gasteiger partial charge on any atom is -0.376 e. The Balaban J connectivity index is 1.72. The zero-order valence-electron chi connectivity index (χ0n) is 11.8. The summed E-state index contributed by atoms with van der Waals surface area (Å²) in [6, 6.07) is 3.59. The maximum atomic E-state index is 13.4. The second kappa shape index (κ2) is 7.47. The van der Waals surface area contributed by atoms with Crippen LogP contribution in [0.25, 0.3) is 0 Å². The fourth-order valence-electron chi connectivity index (χ4n) is 2.45. The molecule has 1 amide bonds. The Labute approximate surface area is 122 Å². The van der Waals surface area contributed by atoms with Gasteiger partial charge in [0, 0.05) is 12.6 Å². The molecule has 2 rings (SSSR count). The molecule has 6 heteroatoms. The molecule has 3 N–H and O–H groups in total. The van der Waals surface area contributed by atoms with E-state index in [1.165, 1.54) is 6.07 Å². The van der Waals surface area contributed by atoms with Gasteiger partial charge in [-0.1, -0.05) is 6.07 Å². The lowest BCUT2D eigenvalue weighted by molar-refractivity contribution is 0.0267. The highest BCUT2D eigenvalue weighted by molar-refractivity contribution is 5.94. The number of hydrogen-bond donors (Lipinski definition) is 2. The number of rotatable bonds is 5. The van der Waals surface area contributed by atoms with Crippen LogP contribution >= 0.6 is 0 Å². The summed E-state index contributed by atoms with van der Waals surface area (Å²) in [6.45, 7) is 0.539. The van der Waals surface area contributed by atoms with Gasteiger partial charge < -0.3 is 15.8 Å². The Morgan fingerprint density at radius 3 is 2.48 bits per heavy atom. The van der Waals surface area contributed by atoms with Crippen molar-refractivity contribution in [1.29, 1.82) is 0 Å². The minimum atomic E-state index is -0.866. The predicted octanol–water partition coefficient (Wildman–Crippen LogP) is 1.98. The third-order valence-electron chi connectivity index (χ3n) is 3.65. The number of hydrogen-bond acceptors (Lipinski definition) is 3. The van der Waals surface area contributed by atoms with Gasteiger partial charge in [-0.25, -0.2) is 8.78 Å². The Bertz CT molecular complexity index is 468. The van der Waals surface area contributed by atoms with E-state index in [0.29, 0.717) is 6.61 Å². The molecule has 116 valence electrons. The van der Waals surface area contributed by atoms with Gasteiger partial charge in [-0.15, -0.1) is 0 Å². The Hall–Kier alpha value is -1.53. The molecular weight excluding hydrogens is 278 g/mol. The molecule has 0 atom stereocenters. The first-order valence-corrected chi connectivity index (χ1v) is 7.17. The summed E-state index contributed by atoms with van der Waals surface area (Å²) in [5.74, 6) is -2.50. The second-order valence-corrected chi connectivity index (χ2v) is 5.26. The fourth-order valence-corrected chi connectivity index (χ4v) is 2.45. The summed E-state index contributed by atoms with van der Waals surface area (Å²) in [5, 5.41) is 2.46. The second-order valence-electron chi connectivity index (χ2n) is 5.26. The molecule has 1 aliphatic rings. The molecule has 0 unspecified atom stereocenters. The smallest absolute Gasteiger partial charge is 0.257 e. The maximum absolute atomic E-state index is 13.4. The van der Waals surface area contributed by atoms with Crippen molar-refractivity contribution in [2.45, 2.75) is 37.8 Å². The number of amides is 1. The van der Waals surface area contributed by atoms with Crippen LogP contribution in [0, 0.1) is 11.6 Å². The van der Waals surface area contributed by atoms with E-state index in [-0.39, 0.29) is 18.7 Å². The molecule has 0 heterocycles. The molecule has 0 aromatic heterocycles. The average Bonchev–Trinajstić information content (AvgIpc) is 2.45. The van der Waals surface area contributed by atoms with Gasteiger partial charge in [-0.05, 0) is 37.8 Å². The molecule has 0 saturated heterocycles. The molecule has 1 aromatic carbocycles. The zero-order valence-corrected chi connectivity index (χ0v) is 11.8. The van der Waals surface area contributed by atoms with Gasteiger partial charge in [0.25, 0.3) is 5.91 Å². The monoisotopic (exact) mass is 298 g/mol. The van der Waals surface area contributed by atoms with E-state index in [0.717, 1.165) is 37.8 Å². The SMILES string of the molecule is NC1CCC(OCCNC(=O)c2c(F)cccc2F)CC1. The molecule has 1 aliphatic carbocycles. The average molecular weight is 298 g/mol. The quantitative estimate of drug-likeness (QED) is 0.817. The number of carbonyl (C=O) groups is 1. The van der Waals surface area contributed by atoms with E-state index in [2.05, 4.69) is 5.32 Å². The molecule has 0 bridgehead atoms. The first-order valence-electron chi connectivity index (χ1n) is 7.17. The van der Waals surface area contributed by atoms with Gasteiger partial charge in [-0.3, -0.25) is 4.79 Å². The highest BCUT2D eigenvalue weighted by atomic mass is 19.1. The molecule has 21 heavy (non-hydrogen) atoms. The van der Waals surface area contributed by atoms with Crippen molar-refractivity contribution in [2.24, 2.45) is 5.73 Å². The van der Waals surface area contributed by atoms with Crippen LogP contribution in [-0.4, -0.2) is 31.2 Å². The van der Waals surface area contributed by atoms with Crippen molar-refractivity contribution in [3.05, 3.63) is 35.4 Å². The van der Waals surface area contributed by atoms with Crippen molar-refractivity contribution < 1.29 is 18.3 Å². The number of nitrogens with two attached hydrogens (primary N) is 1. The van der Waals surface area contributed by atoms with Gasteiger partial charge >= 0.3 is 0 Å². The van der Waals surface area contributed by atoms with Crippen LogP contribution in [0.5, 0.6) is 0 Å². The van der Waals surface area contributed by atoms with Crippen molar-refractivity contribution in [2.75, 3.05) is 13.2 Å².